The molecule has 4 rings (SSSR count). The fraction of sp³-hybridized carbons (Fsp3) is 0.0500. The Morgan fingerprint density at radius 2 is 2.00 bits per heavy atom. The van der Waals surface area contributed by atoms with Gasteiger partial charge in [0.25, 0.3) is 5.91 Å². The molecule has 1 amide bonds. The van der Waals surface area contributed by atoms with Gasteiger partial charge in [-0.3, -0.25) is 30.7 Å². The molecular formula is C20H15N7O4. The largest absolute Gasteiger partial charge is 0.431 e. The number of nitrogens with zero attached hydrogens (tertiary/aromatic N) is 5. The fourth-order valence-corrected chi connectivity index (χ4v) is 2.78. The van der Waals surface area contributed by atoms with Gasteiger partial charge < -0.3 is 4.74 Å². The average molecular weight is 417 g/mol. The van der Waals surface area contributed by atoms with E-state index >= 15 is 0 Å². The van der Waals surface area contributed by atoms with E-state index in [0.717, 1.165) is 17.4 Å². The van der Waals surface area contributed by atoms with Crippen LogP contribution in [0.5, 0.6) is 11.6 Å². The standard InChI is InChI=1S/C20H15N7O4/c1-12-7-8-13-4-2-6-15(16(13)24-12)31-20-17(27(29)30)18(22-11-23-20)25-26-19(28)14-5-3-9-21-10-14/h2-11H,1H3,(H,26,28)(H,22,23,25). The second kappa shape index (κ2) is 8.37. The molecule has 0 saturated heterocycles. The first-order chi connectivity index (χ1) is 15.0. The maximum Gasteiger partial charge on any atom is 0.374 e. The zero-order valence-electron chi connectivity index (χ0n) is 16.1. The first kappa shape index (κ1) is 19.6. The summed E-state index contributed by atoms with van der Waals surface area (Å²) in [5.74, 6) is -0.781. The second-order valence-electron chi connectivity index (χ2n) is 6.34. The predicted molar refractivity (Wildman–Crippen MR) is 111 cm³/mol. The highest BCUT2D eigenvalue weighted by molar-refractivity contribution is 5.94. The number of pyridine rings is 2. The molecule has 0 saturated carbocycles. The number of benzene rings is 1. The molecule has 0 fully saturated rings. The monoisotopic (exact) mass is 417 g/mol. The smallest absolute Gasteiger partial charge is 0.374 e. The minimum atomic E-state index is -0.697. The van der Waals surface area contributed by atoms with Crippen molar-refractivity contribution in [2.24, 2.45) is 0 Å². The normalized spacial score (nSPS) is 10.5. The number of hydrogen-bond acceptors (Lipinski definition) is 9. The molecule has 11 heteroatoms. The molecule has 0 spiro atoms. The number of carbonyl (C=O) groups excluding carboxylic acids is 1. The lowest BCUT2D eigenvalue weighted by Gasteiger charge is -2.11. The Labute approximate surface area is 175 Å². The van der Waals surface area contributed by atoms with Gasteiger partial charge in [-0.15, -0.1) is 0 Å². The van der Waals surface area contributed by atoms with Crippen LogP contribution in [0, 0.1) is 17.0 Å². The number of fused-ring (bicyclic) bond motifs is 1. The van der Waals surface area contributed by atoms with Gasteiger partial charge in [-0.05, 0) is 31.2 Å². The molecule has 0 aliphatic carbocycles. The van der Waals surface area contributed by atoms with Crippen molar-refractivity contribution in [3.63, 3.8) is 0 Å². The van der Waals surface area contributed by atoms with Crippen LogP contribution in [0.3, 0.4) is 0 Å². The summed E-state index contributed by atoms with van der Waals surface area (Å²) >= 11 is 0. The van der Waals surface area contributed by atoms with Gasteiger partial charge >= 0.3 is 11.6 Å². The van der Waals surface area contributed by atoms with Crippen molar-refractivity contribution < 1.29 is 14.5 Å². The Kier molecular flexibility index (Phi) is 5.30. The summed E-state index contributed by atoms with van der Waals surface area (Å²) in [4.78, 5) is 39.3. The number of amides is 1. The minimum absolute atomic E-state index is 0.239. The van der Waals surface area contributed by atoms with Crippen LogP contribution in [0.25, 0.3) is 10.9 Å². The number of nitrogens with one attached hydrogen (secondary N) is 2. The molecule has 0 unspecified atom stereocenters. The van der Waals surface area contributed by atoms with Crippen molar-refractivity contribution in [3.8, 4) is 11.6 Å². The highest BCUT2D eigenvalue weighted by Crippen LogP contribution is 2.35. The number of para-hydroxylation sites is 1. The number of aryl methyl sites for hydroxylation is 1. The topological polar surface area (TPSA) is 145 Å². The number of carbonyl (C=O) groups is 1. The van der Waals surface area contributed by atoms with Gasteiger partial charge in [0.15, 0.2) is 5.75 Å². The molecule has 3 heterocycles. The third-order valence-corrected chi connectivity index (χ3v) is 4.22. The van der Waals surface area contributed by atoms with Crippen LogP contribution < -0.4 is 15.6 Å². The van der Waals surface area contributed by atoms with Gasteiger partial charge in [0.2, 0.25) is 5.82 Å². The summed E-state index contributed by atoms with van der Waals surface area (Å²) in [6, 6.07) is 12.1. The third-order valence-electron chi connectivity index (χ3n) is 4.22. The van der Waals surface area contributed by atoms with Crippen molar-refractivity contribution in [2.45, 2.75) is 6.92 Å². The van der Waals surface area contributed by atoms with Crippen LogP contribution in [0.15, 0.2) is 61.2 Å². The minimum Gasteiger partial charge on any atom is -0.431 e. The van der Waals surface area contributed by atoms with Crippen molar-refractivity contribution in [2.75, 3.05) is 5.43 Å². The van der Waals surface area contributed by atoms with E-state index in [-0.39, 0.29) is 17.3 Å². The molecule has 3 aromatic heterocycles. The van der Waals surface area contributed by atoms with Gasteiger partial charge in [-0.25, -0.2) is 9.97 Å². The Morgan fingerprint density at radius 1 is 1.13 bits per heavy atom. The van der Waals surface area contributed by atoms with Gasteiger partial charge in [0.1, 0.15) is 11.8 Å². The van der Waals surface area contributed by atoms with E-state index in [1.807, 2.05) is 25.1 Å². The quantitative estimate of drug-likeness (QED) is 0.357. The Hall–Kier alpha value is -4.67. The van der Waals surface area contributed by atoms with Crippen LogP contribution in [-0.4, -0.2) is 30.8 Å². The number of hydrogen-bond donors (Lipinski definition) is 2. The van der Waals surface area contributed by atoms with Crippen LogP contribution in [0.2, 0.25) is 0 Å². The maximum atomic E-state index is 12.2. The zero-order chi connectivity index (χ0) is 21.8. The van der Waals surface area contributed by atoms with E-state index in [1.165, 1.54) is 12.4 Å². The fourth-order valence-electron chi connectivity index (χ4n) is 2.78. The van der Waals surface area contributed by atoms with Crippen molar-refractivity contribution in [1.82, 2.24) is 25.4 Å². The highest BCUT2D eigenvalue weighted by atomic mass is 16.6. The molecule has 2 N–H and O–H groups in total. The summed E-state index contributed by atoms with van der Waals surface area (Å²) in [6.45, 7) is 1.83. The molecular weight excluding hydrogens is 402 g/mol. The first-order valence-electron chi connectivity index (χ1n) is 9.03. The molecule has 31 heavy (non-hydrogen) atoms. The second-order valence-corrected chi connectivity index (χ2v) is 6.34. The number of aromatic nitrogens is 4. The van der Waals surface area contributed by atoms with Gasteiger partial charge in [-0.2, -0.15) is 4.98 Å². The lowest BCUT2D eigenvalue weighted by atomic mass is 10.2. The first-order valence-corrected chi connectivity index (χ1v) is 9.03. The van der Waals surface area contributed by atoms with Crippen molar-refractivity contribution in [1.29, 1.82) is 0 Å². The summed E-state index contributed by atoms with van der Waals surface area (Å²) in [5.41, 5.74) is 5.82. The van der Waals surface area contributed by atoms with Crippen molar-refractivity contribution >= 4 is 28.3 Å². The van der Waals surface area contributed by atoms with Gasteiger partial charge in [0.05, 0.1) is 10.5 Å². The molecule has 4 aromatic rings. The van der Waals surface area contributed by atoms with Crippen molar-refractivity contribution in [3.05, 3.63) is 82.6 Å². The van der Waals surface area contributed by atoms with Crippen LogP contribution in [0.1, 0.15) is 16.1 Å². The van der Waals surface area contributed by atoms with E-state index in [9.17, 15) is 14.9 Å². The van der Waals surface area contributed by atoms with E-state index < -0.39 is 16.5 Å². The summed E-state index contributed by atoms with van der Waals surface area (Å²) in [7, 11) is 0. The predicted octanol–water partition coefficient (Wildman–Crippen LogP) is 3.19. The van der Waals surface area contributed by atoms with E-state index in [4.69, 9.17) is 4.74 Å². The lowest BCUT2D eigenvalue weighted by Crippen LogP contribution is -2.30. The number of ether oxygens (including phenoxy) is 1. The number of hydrazine groups is 1. The van der Waals surface area contributed by atoms with Crippen LogP contribution >= 0.6 is 0 Å². The molecule has 0 atom stereocenters. The van der Waals surface area contributed by atoms with E-state index in [1.54, 1.807) is 24.3 Å². The molecule has 0 radical (unpaired) electrons. The molecule has 1 aromatic carbocycles. The molecule has 0 bridgehead atoms. The zero-order valence-corrected chi connectivity index (χ0v) is 16.1. The third kappa shape index (κ3) is 4.19. The summed E-state index contributed by atoms with van der Waals surface area (Å²) in [6.07, 6.45) is 3.97. The Bertz CT molecular complexity index is 1280. The lowest BCUT2D eigenvalue weighted by molar-refractivity contribution is -0.385. The number of anilines is 1. The number of rotatable bonds is 6. The Morgan fingerprint density at radius 3 is 2.77 bits per heavy atom. The number of nitro groups is 1. The molecule has 0 aliphatic rings. The molecule has 154 valence electrons. The SMILES string of the molecule is Cc1ccc2cccc(Oc3ncnc(NNC(=O)c4cccnc4)c3[N+](=O)[O-])c2n1. The average Bonchev–Trinajstić information content (AvgIpc) is 2.78. The maximum absolute atomic E-state index is 12.2. The summed E-state index contributed by atoms with van der Waals surface area (Å²) < 4.78 is 5.75. The van der Waals surface area contributed by atoms with Gasteiger partial charge in [-0.1, -0.05) is 18.2 Å². The molecule has 11 nitrogen and oxygen atoms in total. The van der Waals surface area contributed by atoms with Crippen LogP contribution in [-0.2, 0) is 0 Å². The van der Waals surface area contributed by atoms with Gasteiger partial charge in [0, 0.05) is 23.5 Å². The summed E-state index contributed by atoms with van der Waals surface area (Å²) in [5, 5.41) is 12.5. The Balaban J connectivity index is 1.65. The van der Waals surface area contributed by atoms with E-state index in [0.29, 0.717) is 11.3 Å². The van der Waals surface area contributed by atoms with Crippen LogP contribution in [0.4, 0.5) is 11.5 Å². The van der Waals surface area contributed by atoms with E-state index in [2.05, 4.69) is 30.8 Å². The molecule has 0 aliphatic heterocycles. The highest BCUT2D eigenvalue weighted by Gasteiger charge is 2.26.